The second-order valence-electron chi connectivity index (χ2n) is 9.71. The number of carbonyl (C=O) groups excluding carboxylic acids is 2. The number of nitrogens with one attached hydrogen (secondary N) is 1. The smallest absolute Gasteiger partial charge is 0.248 e. The number of piperidine rings is 1. The zero-order valence-electron chi connectivity index (χ0n) is 19.5. The predicted octanol–water partition coefficient (Wildman–Crippen LogP) is 4.27. The average molecular weight is 457 g/mol. The fourth-order valence-electron chi connectivity index (χ4n) is 5.27. The van der Waals surface area contributed by atoms with Crippen LogP contribution in [0.25, 0.3) is 22.2 Å². The largest absolute Gasteiger partial charge is 0.366 e. The first-order valence-electron chi connectivity index (χ1n) is 12.4. The minimum Gasteiger partial charge on any atom is -0.366 e. The first kappa shape index (κ1) is 22.5. The molecule has 6 heteroatoms. The van der Waals surface area contributed by atoms with E-state index in [9.17, 15) is 9.59 Å². The molecule has 0 spiro atoms. The number of hydrogen-bond donors (Lipinski definition) is 2. The normalized spacial score (nSPS) is 17.8. The third-order valence-corrected chi connectivity index (χ3v) is 7.26. The van der Waals surface area contributed by atoms with Crippen molar-refractivity contribution in [1.29, 1.82) is 0 Å². The number of rotatable bonds is 6. The van der Waals surface area contributed by atoms with Crippen molar-refractivity contribution in [2.24, 2.45) is 11.7 Å². The molecule has 2 amide bonds. The van der Waals surface area contributed by atoms with Crippen LogP contribution in [-0.2, 0) is 11.3 Å². The number of pyridine rings is 1. The lowest BCUT2D eigenvalue weighted by molar-refractivity contribution is -0.127. The molecule has 176 valence electrons. The van der Waals surface area contributed by atoms with E-state index in [-0.39, 0.29) is 11.8 Å². The molecule has 0 radical (unpaired) electrons. The number of primary amides is 1. The Kier molecular flexibility index (Phi) is 6.59. The number of aromatic nitrogens is 1. The predicted molar refractivity (Wildman–Crippen MR) is 134 cm³/mol. The summed E-state index contributed by atoms with van der Waals surface area (Å²) in [5.41, 5.74) is 9.95. The van der Waals surface area contributed by atoms with Crippen LogP contribution in [0.2, 0.25) is 0 Å². The van der Waals surface area contributed by atoms with E-state index in [0.717, 1.165) is 67.5 Å². The van der Waals surface area contributed by atoms with Crippen LogP contribution in [0.5, 0.6) is 0 Å². The quantitative estimate of drug-likeness (QED) is 0.580. The Balaban J connectivity index is 1.21. The van der Waals surface area contributed by atoms with Crippen LogP contribution in [-0.4, -0.2) is 40.8 Å². The van der Waals surface area contributed by atoms with Crippen molar-refractivity contribution in [2.75, 3.05) is 13.1 Å². The van der Waals surface area contributed by atoms with Gasteiger partial charge < -0.3 is 11.1 Å². The van der Waals surface area contributed by atoms with E-state index in [1.807, 2.05) is 18.2 Å². The molecule has 1 saturated heterocycles. The second kappa shape index (κ2) is 9.94. The molecule has 5 rings (SSSR count). The third kappa shape index (κ3) is 5.12. The molecule has 0 unspecified atom stereocenters. The zero-order valence-corrected chi connectivity index (χ0v) is 19.5. The Bertz CT molecular complexity index is 1190. The topological polar surface area (TPSA) is 88.3 Å². The molecule has 0 atom stereocenters. The molecule has 2 fully saturated rings. The standard InChI is InChI=1S/C28H32N4O2/c29-27(33)23-9-11-26-22(17-23)8-10-25(31-26)21-5-3-4-19(16-21)18-32-14-12-20(13-15-32)28(34)30-24-6-1-2-7-24/h3-5,8-11,16-17,20,24H,1-2,6-7,12-15,18H2,(H2,29,33)(H,30,34). The van der Waals surface area contributed by atoms with E-state index >= 15 is 0 Å². The van der Waals surface area contributed by atoms with Gasteiger partial charge >= 0.3 is 0 Å². The van der Waals surface area contributed by atoms with Gasteiger partial charge in [0.05, 0.1) is 11.2 Å². The van der Waals surface area contributed by atoms with Crippen molar-refractivity contribution in [3.8, 4) is 11.3 Å². The Morgan fingerprint density at radius 1 is 0.971 bits per heavy atom. The Morgan fingerprint density at radius 3 is 2.53 bits per heavy atom. The van der Waals surface area contributed by atoms with Gasteiger partial charge in [0.1, 0.15) is 0 Å². The SMILES string of the molecule is NC(=O)c1ccc2nc(-c3cccc(CN4CCC(C(=O)NC5CCCC5)CC4)c3)ccc2c1. The van der Waals surface area contributed by atoms with Gasteiger partial charge in [0.15, 0.2) is 0 Å². The summed E-state index contributed by atoms with van der Waals surface area (Å²) in [6.45, 7) is 2.77. The Morgan fingerprint density at radius 2 is 1.76 bits per heavy atom. The minimum absolute atomic E-state index is 0.153. The van der Waals surface area contributed by atoms with Crippen molar-refractivity contribution >= 4 is 22.7 Å². The first-order valence-corrected chi connectivity index (χ1v) is 12.4. The molecule has 1 saturated carbocycles. The third-order valence-electron chi connectivity index (χ3n) is 7.26. The van der Waals surface area contributed by atoms with Crippen LogP contribution < -0.4 is 11.1 Å². The number of amides is 2. The van der Waals surface area contributed by atoms with Crippen molar-refractivity contribution in [2.45, 2.75) is 51.1 Å². The molecular weight excluding hydrogens is 424 g/mol. The van der Waals surface area contributed by atoms with Gasteiger partial charge in [0.2, 0.25) is 11.8 Å². The number of benzene rings is 2. The molecule has 2 aliphatic rings. The lowest BCUT2D eigenvalue weighted by Gasteiger charge is -2.32. The number of hydrogen-bond acceptors (Lipinski definition) is 4. The number of likely N-dealkylation sites (tertiary alicyclic amines) is 1. The van der Waals surface area contributed by atoms with Gasteiger partial charge in [-0.1, -0.05) is 37.1 Å². The van der Waals surface area contributed by atoms with Crippen LogP contribution in [0.15, 0.2) is 54.6 Å². The van der Waals surface area contributed by atoms with Gasteiger partial charge in [-0.2, -0.15) is 0 Å². The fraction of sp³-hybridized carbons (Fsp3) is 0.393. The summed E-state index contributed by atoms with van der Waals surface area (Å²) in [5.74, 6) is -0.0175. The summed E-state index contributed by atoms with van der Waals surface area (Å²) in [6.07, 6.45) is 6.62. The van der Waals surface area contributed by atoms with E-state index < -0.39 is 5.91 Å². The first-order chi connectivity index (χ1) is 16.5. The van der Waals surface area contributed by atoms with Gasteiger partial charge in [-0.3, -0.25) is 14.5 Å². The summed E-state index contributed by atoms with van der Waals surface area (Å²) in [5, 5.41) is 4.17. The van der Waals surface area contributed by atoms with Gasteiger partial charge in [-0.15, -0.1) is 0 Å². The second-order valence-corrected chi connectivity index (χ2v) is 9.71. The molecule has 0 bridgehead atoms. The summed E-state index contributed by atoms with van der Waals surface area (Å²) in [4.78, 5) is 31.3. The van der Waals surface area contributed by atoms with Crippen LogP contribution in [0.3, 0.4) is 0 Å². The van der Waals surface area contributed by atoms with E-state index in [4.69, 9.17) is 10.7 Å². The van der Waals surface area contributed by atoms with Gasteiger partial charge in [-0.25, -0.2) is 4.98 Å². The van der Waals surface area contributed by atoms with Crippen molar-refractivity contribution < 1.29 is 9.59 Å². The Labute approximate surface area is 200 Å². The van der Waals surface area contributed by atoms with Crippen LogP contribution >= 0.6 is 0 Å². The van der Waals surface area contributed by atoms with E-state index in [1.165, 1.54) is 18.4 Å². The van der Waals surface area contributed by atoms with Crippen molar-refractivity contribution in [3.05, 3.63) is 65.7 Å². The summed E-state index contributed by atoms with van der Waals surface area (Å²) in [7, 11) is 0. The van der Waals surface area contributed by atoms with E-state index in [0.29, 0.717) is 11.6 Å². The maximum atomic E-state index is 12.6. The monoisotopic (exact) mass is 456 g/mol. The summed E-state index contributed by atoms with van der Waals surface area (Å²) >= 11 is 0. The number of carbonyl (C=O) groups is 2. The van der Waals surface area contributed by atoms with Crippen molar-refractivity contribution in [1.82, 2.24) is 15.2 Å². The molecule has 2 heterocycles. The van der Waals surface area contributed by atoms with Crippen LogP contribution in [0.4, 0.5) is 0 Å². The van der Waals surface area contributed by atoms with Crippen LogP contribution in [0, 0.1) is 5.92 Å². The molecule has 1 aliphatic carbocycles. The molecule has 3 aromatic rings. The highest BCUT2D eigenvalue weighted by Gasteiger charge is 2.27. The highest BCUT2D eigenvalue weighted by atomic mass is 16.2. The number of nitrogens with zero attached hydrogens (tertiary/aromatic N) is 2. The molecule has 34 heavy (non-hydrogen) atoms. The lowest BCUT2D eigenvalue weighted by Crippen LogP contribution is -2.42. The lowest BCUT2D eigenvalue weighted by atomic mass is 9.95. The maximum absolute atomic E-state index is 12.6. The number of nitrogens with two attached hydrogens (primary N) is 1. The van der Waals surface area contributed by atoms with Crippen LogP contribution in [0.1, 0.15) is 54.4 Å². The highest BCUT2D eigenvalue weighted by molar-refractivity contribution is 5.97. The molecule has 1 aliphatic heterocycles. The zero-order chi connectivity index (χ0) is 23.5. The highest BCUT2D eigenvalue weighted by Crippen LogP contribution is 2.25. The summed E-state index contributed by atoms with van der Waals surface area (Å²) < 4.78 is 0. The maximum Gasteiger partial charge on any atom is 0.248 e. The molecule has 6 nitrogen and oxygen atoms in total. The molecular formula is C28H32N4O2. The van der Waals surface area contributed by atoms with Crippen molar-refractivity contribution in [3.63, 3.8) is 0 Å². The van der Waals surface area contributed by atoms with E-state index in [2.05, 4.69) is 34.5 Å². The average Bonchev–Trinajstić information content (AvgIpc) is 3.37. The van der Waals surface area contributed by atoms with Gasteiger partial charge in [-0.05, 0) is 74.7 Å². The molecule has 3 N–H and O–H groups in total. The van der Waals surface area contributed by atoms with Gasteiger partial charge in [0, 0.05) is 35.0 Å². The number of fused-ring (bicyclic) bond motifs is 1. The summed E-state index contributed by atoms with van der Waals surface area (Å²) in [6, 6.07) is 18.2. The Hall–Kier alpha value is -3.25. The molecule has 1 aromatic heterocycles. The van der Waals surface area contributed by atoms with Gasteiger partial charge in [0.25, 0.3) is 0 Å². The molecule has 2 aromatic carbocycles. The van der Waals surface area contributed by atoms with E-state index in [1.54, 1.807) is 12.1 Å². The minimum atomic E-state index is -0.433. The fourth-order valence-corrected chi connectivity index (χ4v) is 5.27.